The maximum atomic E-state index is 16.5. The van der Waals surface area contributed by atoms with E-state index in [1.54, 1.807) is 36.4 Å². The summed E-state index contributed by atoms with van der Waals surface area (Å²) in [5, 5.41) is 78.6. The van der Waals surface area contributed by atoms with Crippen molar-refractivity contribution in [2.24, 2.45) is 0 Å². The molecule has 0 spiro atoms. The van der Waals surface area contributed by atoms with Crippen LogP contribution in [0.1, 0.15) is 55.6 Å². The second kappa shape index (κ2) is 13.3. The first-order chi connectivity index (χ1) is 24.9. The number of ether oxygens (including phenoxy) is 2. The van der Waals surface area contributed by atoms with Crippen LogP contribution in [0.2, 0.25) is 0 Å². The molecular weight excluding hydrogens is 690 g/mol. The molecule has 0 aromatic heterocycles. The number of alkyl halides is 4. The predicted molar refractivity (Wildman–Crippen MR) is 164 cm³/mol. The Morgan fingerprint density at radius 3 is 1.17 bits per heavy atom. The van der Waals surface area contributed by atoms with Gasteiger partial charge in [-0.3, -0.25) is 0 Å². The van der Waals surface area contributed by atoms with E-state index in [1.165, 1.54) is 12.1 Å². The van der Waals surface area contributed by atoms with Gasteiger partial charge < -0.3 is 9.47 Å². The monoisotopic (exact) mass is 698 g/mol. The number of rotatable bonds is 5. The number of benzene rings is 3. The lowest BCUT2D eigenvalue weighted by atomic mass is 9.87. The fourth-order valence-corrected chi connectivity index (χ4v) is 5.77. The van der Waals surface area contributed by atoms with Gasteiger partial charge >= 0.3 is 6.36 Å². The molecular formula is C36H8F6N8O2. The van der Waals surface area contributed by atoms with Crippen molar-refractivity contribution in [1.82, 2.24) is 0 Å². The van der Waals surface area contributed by atoms with Crippen molar-refractivity contribution in [3.63, 3.8) is 0 Å². The number of hydrogen-bond donors (Lipinski definition) is 0. The molecule has 0 N–H and O–H groups in total. The summed E-state index contributed by atoms with van der Waals surface area (Å²) in [6.45, 7) is -1.85. The van der Waals surface area contributed by atoms with Crippen LogP contribution in [0.5, 0.6) is 11.5 Å². The summed E-state index contributed by atoms with van der Waals surface area (Å²) in [5.74, 6) is -6.00. The van der Waals surface area contributed by atoms with Gasteiger partial charge in [0.05, 0.1) is 57.7 Å². The van der Waals surface area contributed by atoms with Gasteiger partial charge in [-0.15, -0.1) is 13.2 Å². The third kappa shape index (κ3) is 5.54. The Hall–Kier alpha value is -8.28. The molecule has 0 fully saturated rings. The quantitative estimate of drug-likeness (QED) is 0.187. The van der Waals surface area contributed by atoms with Gasteiger partial charge in [0, 0.05) is 33.4 Å². The number of allylic oxidation sites excluding steroid dienone is 8. The summed E-state index contributed by atoms with van der Waals surface area (Å²) in [4.78, 5) is 0. The molecule has 0 saturated heterocycles. The Balaban J connectivity index is 2.13. The Kier molecular flexibility index (Phi) is 8.97. The van der Waals surface area contributed by atoms with Gasteiger partial charge in [-0.1, -0.05) is 0 Å². The number of nitriles is 8. The Labute approximate surface area is 288 Å². The van der Waals surface area contributed by atoms with Crippen LogP contribution in [0, 0.1) is 90.6 Å². The van der Waals surface area contributed by atoms with Crippen molar-refractivity contribution in [1.29, 1.82) is 42.1 Å². The summed E-state index contributed by atoms with van der Waals surface area (Å²) >= 11 is 0. The molecule has 2 aliphatic rings. The highest BCUT2D eigenvalue weighted by Gasteiger charge is 2.48. The first kappa shape index (κ1) is 35.0. The van der Waals surface area contributed by atoms with Crippen molar-refractivity contribution in [2.75, 3.05) is 6.86 Å². The molecule has 16 heteroatoms. The highest BCUT2D eigenvalue weighted by molar-refractivity contribution is 6.21. The number of halogens is 6. The highest BCUT2D eigenvalue weighted by Crippen LogP contribution is 2.62. The van der Waals surface area contributed by atoms with E-state index in [4.69, 9.17) is 4.74 Å². The SMILES string of the molecule is N#CC1=C(F)/C(=C(/C#N)c2cc(C#N)cc(C#N)c2)c2c(OC(F)(F)F)c3c(c(OCF)c21)C(C#N)=C(F)/C3=C(/C#N)c1cc(C#N)cc(C#N)c1. The second-order valence-electron chi connectivity index (χ2n) is 10.3. The molecule has 10 nitrogen and oxygen atoms in total. The van der Waals surface area contributed by atoms with Crippen LogP contribution < -0.4 is 9.47 Å². The van der Waals surface area contributed by atoms with E-state index in [2.05, 4.69) is 4.74 Å². The molecule has 5 rings (SSSR count). The lowest BCUT2D eigenvalue weighted by Gasteiger charge is -2.22. The van der Waals surface area contributed by atoms with E-state index in [9.17, 15) is 59.7 Å². The molecule has 0 bridgehead atoms. The molecule has 0 amide bonds. The molecule has 0 atom stereocenters. The molecule has 246 valence electrons. The summed E-state index contributed by atoms with van der Waals surface area (Å²) in [7, 11) is 0. The Morgan fingerprint density at radius 1 is 0.538 bits per heavy atom. The van der Waals surface area contributed by atoms with Crippen LogP contribution in [0.25, 0.3) is 33.4 Å². The van der Waals surface area contributed by atoms with E-state index < -0.39 is 103 Å². The molecule has 3 aromatic carbocycles. The zero-order chi connectivity index (χ0) is 38.1. The van der Waals surface area contributed by atoms with Gasteiger partial charge in [0.25, 0.3) is 0 Å². The maximum absolute atomic E-state index is 16.5. The minimum Gasteiger partial charge on any atom is -0.462 e. The van der Waals surface area contributed by atoms with E-state index in [0.717, 1.165) is 36.4 Å². The average molecular weight is 699 g/mol. The van der Waals surface area contributed by atoms with E-state index >= 15 is 8.78 Å². The van der Waals surface area contributed by atoms with Crippen LogP contribution in [0.3, 0.4) is 0 Å². The minimum atomic E-state index is -5.74. The molecule has 3 aromatic rings. The van der Waals surface area contributed by atoms with E-state index in [1.807, 2.05) is 0 Å². The summed E-state index contributed by atoms with van der Waals surface area (Å²) < 4.78 is 99.6. The smallest absolute Gasteiger partial charge is 0.462 e. The van der Waals surface area contributed by atoms with Crippen LogP contribution >= 0.6 is 0 Å². The zero-order valence-electron chi connectivity index (χ0n) is 25.3. The maximum Gasteiger partial charge on any atom is 0.573 e. The van der Waals surface area contributed by atoms with Gasteiger partial charge in [0.2, 0.25) is 6.86 Å². The van der Waals surface area contributed by atoms with Gasteiger partial charge in [-0.2, -0.15) is 42.1 Å². The third-order valence-electron chi connectivity index (χ3n) is 7.61. The molecule has 52 heavy (non-hydrogen) atoms. The van der Waals surface area contributed by atoms with Crippen molar-refractivity contribution < 1.29 is 35.8 Å². The minimum absolute atomic E-state index is 0.252. The molecule has 0 saturated carbocycles. The van der Waals surface area contributed by atoms with Gasteiger partial charge in [-0.25, -0.2) is 13.2 Å². The van der Waals surface area contributed by atoms with E-state index in [0.29, 0.717) is 0 Å². The highest BCUT2D eigenvalue weighted by atomic mass is 19.4. The van der Waals surface area contributed by atoms with Crippen molar-refractivity contribution >= 4 is 33.4 Å². The van der Waals surface area contributed by atoms with E-state index in [-0.39, 0.29) is 22.3 Å². The van der Waals surface area contributed by atoms with Crippen LogP contribution in [0.15, 0.2) is 48.1 Å². The first-order valence-electron chi connectivity index (χ1n) is 13.9. The van der Waals surface area contributed by atoms with Crippen LogP contribution in [-0.4, -0.2) is 13.2 Å². The van der Waals surface area contributed by atoms with Gasteiger partial charge in [0.15, 0.2) is 11.7 Å². The fraction of sp³-hybridized carbons (Fsp3) is 0.0556. The van der Waals surface area contributed by atoms with Crippen LogP contribution in [-0.2, 0) is 0 Å². The predicted octanol–water partition coefficient (Wildman–Crippen LogP) is 7.68. The summed E-state index contributed by atoms with van der Waals surface area (Å²) in [5.41, 5.74) is -12.4. The molecule has 0 unspecified atom stereocenters. The summed E-state index contributed by atoms with van der Waals surface area (Å²) in [6.07, 6.45) is -5.74. The van der Waals surface area contributed by atoms with Crippen molar-refractivity contribution in [3.05, 3.63) is 104 Å². The van der Waals surface area contributed by atoms with Crippen molar-refractivity contribution in [3.8, 4) is 60.1 Å². The molecule has 0 radical (unpaired) electrons. The third-order valence-corrected chi connectivity index (χ3v) is 7.61. The number of fused-ring (bicyclic) bond motifs is 2. The number of hydrogen-bond acceptors (Lipinski definition) is 10. The first-order valence-corrected chi connectivity index (χ1v) is 13.9. The zero-order valence-corrected chi connectivity index (χ0v) is 25.3. The standard InChI is InChI=1S/C36H8F6N8O2/c37-15-51-34-28-24(13-49)32(38)26(22(11-47)20-3-16(7-43)1-17(4-20)8-44)30(28)35(52-36(40,41)42)31-27(33(39)25(14-50)29(31)34)23(12-48)21-5-18(9-45)2-19(6-21)10-46/h1-6H,15H2/b26-22-,27-23-. The van der Waals surface area contributed by atoms with Gasteiger partial charge in [-0.05, 0) is 47.5 Å². The largest absolute Gasteiger partial charge is 0.573 e. The summed E-state index contributed by atoms with van der Waals surface area (Å²) in [6, 6.07) is 18.8. The number of nitrogens with zero attached hydrogens (tertiary/aromatic N) is 8. The Morgan fingerprint density at radius 2 is 0.904 bits per heavy atom. The average Bonchev–Trinajstić information content (AvgIpc) is 3.59. The second-order valence-corrected chi connectivity index (χ2v) is 10.3. The molecule has 0 heterocycles. The molecule has 0 aliphatic heterocycles. The topological polar surface area (TPSA) is 209 Å². The van der Waals surface area contributed by atoms with Crippen LogP contribution in [0.4, 0.5) is 26.3 Å². The Bertz CT molecular complexity index is 2430. The lowest BCUT2D eigenvalue weighted by molar-refractivity contribution is -0.274. The molecule has 2 aliphatic carbocycles. The van der Waals surface area contributed by atoms with Crippen molar-refractivity contribution in [2.45, 2.75) is 6.36 Å². The van der Waals surface area contributed by atoms with Gasteiger partial charge in [0.1, 0.15) is 46.9 Å². The lowest BCUT2D eigenvalue weighted by Crippen LogP contribution is -2.20. The normalized spacial score (nSPS) is 14.6. The fourth-order valence-electron chi connectivity index (χ4n) is 5.77.